The van der Waals surface area contributed by atoms with Gasteiger partial charge in [-0.25, -0.2) is 4.98 Å². The zero-order valence-corrected chi connectivity index (χ0v) is 12.8. The van der Waals surface area contributed by atoms with E-state index >= 15 is 0 Å². The average molecular weight is 305 g/mol. The summed E-state index contributed by atoms with van der Waals surface area (Å²) in [4.78, 5) is 4.69. The summed E-state index contributed by atoms with van der Waals surface area (Å²) in [7, 11) is 1.65. The molecule has 6 heteroatoms. The van der Waals surface area contributed by atoms with Gasteiger partial charge in [-0.15, -0.1) is 10.2 Å². The fourth-order valence-corrected chi connectivity index (χ4v) is 2.56. The first kappa shape index (κ1) is 13.5. The molecule has 0 saturated carbocycles. The molecule has 0 bridgehead atoms. The molecule has 23 heavy (non-hydrogen) atoms. The van der Waals surface area contributed by atoms with Gasteiger partial charge < -0.3 is 10.1 Å². The molecule has 0 aliphatic carbocycles. The predicted octanol–water partition coefficient (Wildman–Crippen LogP) is 3.34. The molecule has 2 aromatic heterocycles. The Bertz CT molecular complexity index is 991. The van der Waals surface area contributed by atoms with E-state index < -0.39 is 0 Å². The molecule has 2 heterocycles. The lowest BCUT2D eigenvalue weighted by Crippen LogP contribution is -2.00. The van der Waals surface area contributed by atoms with Gasteiger partial charge >= 0.3 is 0 Å². The molecule has 0 saturated heterocycles. The van der Waals surface area contributed by atoms with Gasteiger partial charge in [-0.2, -0.15) is 0 Å². The molecule has 6 nitrogen and oxygen atoms in total. The lowest BCUT2D eigenvalue weighted by Gasteiger charge is -2.10. The van der Waals surface area contributed by atoms with E-state index in [-0.39, 0.29) is 0 Å². The Kier molecular flexibility index (Phi) is 3.08. The van der Waals surface area contributed by atoms with Crippen molar-refractivity contribution in [3.63, 3.8) is 0 Å². The summed E-state index contributed by atoms with van der Waals surface area (Å²) in [6, 6.07) is 13.8. The van der Waals surface area contributed by atoms with Crippen LogP contribution >= 0.6 is 0 Å². The molecule has 4 rings (SSSR count). The molecule has 0 atom stereocenters. The Balaban J connectivity index is 1.84. The Labute approximate surface area is 132 Å². The van der Waals surface area contributed by atoms with Crippen LogP contribution in [0.3, 0.4) is 0 Å². The van der Waals surface area contributed by atoms with Crippen molar-refractivity contribution < 1.29 is 4.74 Å². The number of benzene rings is 2. The molecular formula is C17H15N5O. The highest BCUT2D eigenvalue weighted by Crippen LogP contribution is 2.24. The number of nitrogens with one attached hydrogen (secondary N) is 1. The van der Waals surface area contributed by atoms with Gasteiger partial charge in [-0.05, 0) is 48.9 Å². The molecular weight excluding hydrogens is 290 g/mol. The summed E-state index contributed by atoms with van der Waals surface area (Å²) in [5.41, 5.74) is 4.66. The zero-order valence-electron chi connectivity index (χ0n) is 12.8. The van der Waals surface area contributed by atoms with E-state index in [1.807, 2.05) is 40.8 Å². The molecule has 114 valence electrons. The number of rotatable bonds is 3. The summed E-state index contributed by atoms with van der Waals surface area (Å²) in [6.07, 6.45) is 1.71. The van der Waals surface area contributed by atoms with Gasteiger partial charge in [0.15, 0.2) is 5.82 Å². The number of anilines is 2. The van der Waals surface area contributed by atoms with E-state index in [1.165, 1.54) is 5.56 Å². The predicted molar refractivity (Wildman–Crippen MR) is 89.3 cm³/mol. The molecule has 0 amide bonds. The third-order valence-electron chi connectivity index (χ3n) is 3.74. The number of aryl methyl sites for hydroxylation is 1. The first-order valence-corrected chi connectivity index (χ1v) is 7.26. The first-order chi connectivity index (χ1) is 11.2. The average Bonchev–Trinajstić information content (AvgIpc) is 3.06. The summed E-state index contributed by atoms with van der Waals surface area (Å²) in [5.74, 6) is 1.48. The van der Waals surface area contributed by atoms with Gasteiger partial charge in [0.25, 0.3) is 0 Å². The topological polar surface area (TPSA) is 64.3 Å². The van der Waals surface area contributed by atoms with Gasteiger partial charge in [0.1, 0.15) is 12.1 Å². The van der Waals surface area contributed by atoms with Crippen LogP contribution in [0.5, 0.6) is 5.75 Å². The van der Waals surface area contributed by atoms with E-state index in [1.54, 1.807) is 13.4 Å². The standard InChI is InChI=1S/C17H15N5O/c1-11-3-8-14-15(9-11)22-10-18-21-17(22)16(20-14)19-12-4-6-13(23-2)7-5-12/h3-10H,1-2H3,(H,19,20). The van der Waals surface area contributed by atoms with Crippen molar-refractivity contribution in [2.75, 3.05) is 12.4 Å². The quantitative estimate of drug-likeness (QED) is 0.629. The Morgan fingerprint density at radius 3 is 2.70 bits per heavy atom. The van der Waals surface area contributed by atoms with Gasteiger partial charge in [-0.1, -0.05) is 6.07 Å². The normalized spacial score (nSPS) is 11.0. The highest BCUT2D eigenvalue weighted by Gasteiger charge is 2.10. The van der Waals surface area contributed by atoms with E-state index in [2.05, 4.69) is 33.5 Å². The summed E-state index contributed by atoms with van der Waals surface area (Å²) >= 11 is 0. The summed E-state index contributed by atoms with van der Waals surface area (Å²) < 4.78 is 7.12. The number of ether oxygens (including phenoxy) is 1. The molecule has 4 aromatic rings. The second-order valence-electron chi connectivity index (χ2n) is 5.33. The fourth-order valence-electron chi connectivity index (χ4n) is 2.56. The van der Waals surface area contributed by atoms with Crippen LogP contribution in [0.4, 0.5) is 11.5 Å². The number of hydrogen-bond acceptors (Lipinski definition) is 5. The monoisotopic (exact) mass is 305 g/mol. The highest BCUT2D eigenvalue weighted by molar-refractivity contribution is 5.84. The fraction of sp³-hybridized carbons (Fsp3) is 0.118. The van der Waals surface area contributed by atoms with E-state index in [0.717, 1.165) is 22.5 Å². The Morgan fingerprint density at radius 2 is 1.91 bits per heavy atom. The number of fused-ring (bicyclic) bond motifs is 3. The third-order valence-corrected chi connectivity index (χ3v) is 3.74. The second kappa shape index (κ2) is 5.24. The van der Waals surface area contributed by atoms with Crippen molar-refractivity contribution in [3.05, 3.63) is 54.4 Å². The Hall–Kier alpha value is -3.15. The number of nitrogens with zero attached hydrogens (tertiary/aromatic N) is 4. The van der Waals surface area contributed by atoms with Crippen LogP contribution in [-0.2, 0) is 0 Å². The van der Waals surface area contributed by atoms with E-state index in [0.29, 0.717) is 11.5 Å². The van der Waals surface area contributed by atoms with Crippen LogP contribution in [0.2, 0.25) is 0 Å². The largest absolute Gasteiger partial charge is 0.497 e. The first-order valence-electron chi connectivity index (χ1n) is 7.26. The van der Waals surface area contributed by atoms with Crippen LogP contribution in [0.25, 0.3) is 16.7 Å². The van der Waals surface area contributed by atoms with Crippen molar-refractivity contribution in [3.8, 4) is 5.75 Å². The zero-order chi connectivity index (χ0) is 15.8. The van der Waals surface area contributed by atoms with Crippen LogP contribution in [0.15, 0.2) is 48.8 Å². The van der Waals surface area contributed by atoms with Gasteiger partial charge in [0.2, 0.25) is 5.65 Å². The van der Waals surface area contributed by atoms with Crippen LogP contribution in [-0.4, -0.2) is 26.7 Å². The number of aromatic nitrogens is 4. The minimum atomic E-state index is 0.670. The lowest BCUT2D eigenvalue weighted by molar-refractivity contribution is 0.415. The molecule has 0 aliphatic rings. The molecule has 0 spiro atoms. The van der Waals surface area contributed by atoms with Crippen LogP contribution < -0.4 is 10.1 Å². The smallest absolute Gasteiger partial charge is 0.204 e. The van der Waals surface area contributed by atoms with Crippen LogP contribution in [0.1, 0.15) is 5.56 Å². The van der Waals surface area contributed by atoms with Crippen molar-refractivity contribution in [2.24, 2.45) is 0 Å². The van der Waals surface area contributed by atoms with Crippen molar-refractivity contribution in [1.29, 1.82) is 0 Å². The molecule has 0 aliphatic heterocycles. The third kappa shape index (κ3) is 2.34. The maximum atomic E-state index is 5.18. The minimum absolute atomic E-state index is 0.670. The van der Waals surface area contributed by atoms with Crippen molar-refractivity contribution >= 4 is 28.2 Å². The van der Waals surface area contributed by atoms with Gasteiger partial charge in [0, 0.05) is 5.69 Å². The molecule has 0 fully saturated rings. The SMILES string of the molecule is COc1ccc(Nc2nc3ccc(C)cc3n3cnnc23)cc1. The maximum absolute atomic E-state index is 5.18. The maximum Gasteiger partial charge on any atom is 0.204 e. The molecule has 0 unspecified atom stereocenters. The number of methoxy groups -OCH3 is 1. The van der Waals surface area contributed by atoms with Gasteiger partial charge in [0.05, 0.1) is 18.1 Å². The van der Waals surface area contributed by atoms with Crippen LogP contribution in [0, 0.1) is 6.92 Å². The lowest BCUT2D eigenvalue weighted by atomic mass is 10.2. The summed E-state index contributed by atoms with van der Waals surface area (Å²) in [6.45, 7) is 2.05. The van der Waals surface area contributed by atoms with Crippen molar-refractivity contribution in [1.82, 2.24) is 19.6 Å². The number of hydrogen-bond donors (Lipinski definition) is 1. The van der Waals surface area contributed by atoms with E-state index in [9.17, 15) is 0 Å². The van der Waals surface area contributed by atoms with Gasteiger partial charge in [-0.3, -0.25) is 4.40 Å². The summed E-state index contributed by atoms with van der Waals surface area (Å²) in [5, 5.41) is 11.5. The van der Waals surface area contributed by atoms with E-state index in [4.69, 9.17) is 4.74 Å². The molecule has 0 radical (unpaired) electrons. The second-order valence-corrected chi connectivity index (χ2v) is 5.33. The van der Waals surface area contributed by atoms with Crippen molar-refractivity contribution in [2.45, 2.75) is 6.92 Å². The molecule has 1 N–H and O–H groups in total. The highest BCUT2D eigenvalue weighted by atomic mass is 16.5. The Morgan fingerprint density at radius 1 is 1.09 bits per heavy atom. The minimum Gasteiger partial charge on any atom is -0.497 e. The molecule has 2 aromatic carbocycles.